The third kappa shape index (κ3) is 12.7. The lowest BCUT2D eigenvalue weighted by Crippen LogP contribution is -2.12. The maximum atomic E-state index is 2.38. The molecular weight excluding hydrogens is 1400 g/mol. The van der Waals surface area contributed by atoms with Gasteiger partial charge in [0.15, 0.2) is 0 Å². The Hall–Kier alpha value is -14.3. The molecule has 0 aliphatic carbocycles. The fourth-order valence-corrected chi connectivity index (χ4v) is 18.0. The van der Waals surface area contributed by atoms with E-state index in [0.29, 0.717) is 0 Å². The first-order chi connectivity index (χ1) is 55.5. The molecule has 0 saturated heterocycles. The van der Waals surface area contributed by atoms with Crippen LogP contribution in [0.1, 0.15) is 0 Å². The topological polar surface area (TPSA) is 22.8 Å². The second kappa shape index (κ2) is 29.4. The molecule has 0 unspecified atom stereocenters. The van der Waals surface area contributed by atoms with Crippen LogP contribution in [-0.4, -0.2) is 9.13 Å². The minimum atomic E-state index is 1.04. The predicted octanol–water partition coefficient (Wildman–Crippen LogP) is 30.2. The highest BCUT2D eigenvalue weighted by molar-refractivity contribution is 7.19. The van der Waals surface area contributed by atoms with Crippen molar-refractivity contribution >= 4 is 135 Å². The summed E-state index contributed by atoms with van der Waals surface area (Å²) in [6, 6.07) is 159. The average Bonchev–Trinajstić information content (AvgIpc) is 1.58. The Labute approximate surface area is 659 Å². The summed E-state index contributed by atoms with van der Waals surface area (Å²) in [5.41, 5.74) is 26.7. The van der Waals surface area contributed by atoms with Crippen LogP contribution in [0.3, 0.4) is 0 Å². The van der Waals surface area contributed by atoms with Gasteiger partial charge in [-0.05, 0) is 252 Å². The van der Waals surface area contributed by atoms with Gasteiger partial charge in [0.05, 0.1) is 22.1 Å². The Kier molecular flexibility index (Phi) is 17.6. The van der Waals surface area contributed by atoms with Gasteiger partial charge in [-0.15, -0.1) is 22.7 Å². The van der Waals surface area contributed by atoms with Crippen LogP contribution in [0.25, 0.3) is 108 Å². The maximum Gasteiger partial charge on any atom is 0.0542 e. The summed E-state index contributed by atoms with van der Waals surface area (Å²) < 4.78 is 4.75. The van der Waals surface area contributed by atoms with E-state index in [1.807, 2.05) is 22.7 Å². The van der Waals surface area contributed by atoms with E-state index >= 15 is 0 Å². The Bertz CT molecular complexity index is 6270. The van der Waals surface area contributed by atoms with E-state index < -0.39 is 0 Å². The van der Waals surface area contributed by atoms with Gasteiger partial charge in [-0.25, -0.2) is 0 Å². The molecule has 0 N–H and O–H groups in total. The molecule has 0 atom stereocenters. The minimum Gasteiger partial charge on any atom is -0.311 e. The summed E-state index contributed by atoms with van der Waals surface area (Å²) in [7, 11) is 0. The van der Waals surface area contributed by atoms with Gasteiger partial charge in [-0.3, -0.25) is 0 Å². The van der Waals surface area contributed by atoms with E-state index in [4.69, 9.17) is 0 Å². The van der Waals surface area contributed by atoms with Gasteiger partial charge in [-0.2, -0.15) is 0 Å². The van der Waals surface area contributed by atoms with Crippen molar-refractivity contribution in [1.29, 1.82) is 0 Å². The summed E-state index contributed by atoms with van der Waals surface area (Å²) in [6.07, 6.45) is 0. The molecular formula is C104H72N6S2. The molecule has 4 aromatic heterocycles. The zero-order chi connectivity index (χ0) is 74.3. The number of anilines is 12. The van der Waals surface area contributed by atoms with E-state index in [0.717, 1.165) is 102 Å². The largest absolute Gasteiger partial charge is 0.311 e. The van der Waals surface area contributed by atoms with Gasteiger partial charge in [0, 0.05) is 121 Å². The molecule has 0 aliphatic rings. The van der Waals surface area contributed by atoms with Crippen LogP contribution < -0.4 is 19.6 Å². The molecule has 16 aromatic carbocycles. The van der Waals surface area contributed by atoms with Gasteiger partial charge < -0.3 is 28.7 Å². The molecule has 0 saturated carbocycles. The van der Waals surface area contributed by atoms with Crippen LogP contribution >= 0.6 is 22.7 Å². The van der Waals surface area contributed by atoms with Gasteiger partial charge in [0.2, 0.25) is 0 Å². The van der Waals surface area contributed by atoms with Crippen LogP contribution in [0.15, 0.2) is 437 Å². The molecule has 20 rings (SSSR count). The van der Waals surface area contributed by atoms with E-state index in [1.54, 1.807) is 0 Å². The molecule has 0 spiro atoms. The third-order valence-electron chi connectivity index (χ3n) is 21.4. The first-order valence-electron chi connectivity index (χ1n) is 37.9. The molecule has 0 amide bonds. The second-order valence-corrected chi connectivity index (χ2v) is 30.2. The van der Waals surface area contributed by atoms with Crippen molar-refractivity contribution in [3.63, 3.8) is 0 Å². The van der Waals surface area contributed by atoms with Crippen molar-refractivity contribution < 1.29 is 0 Å². The summed E-state index contributed by atoms with van der Waals surface area (Å²) in [5, 5.41) is 4.82. The molecule has 0 bridgehead atoms. The molecule has 4 heterocycles. The van der Waals surface area contributed by atoms with Crippen LogP contribution in [0.4, 0.5) is 68.2 Å². The normalized spacial score (nSPS) is 11.4. The van der Waals surface area contributed by atoms with Crippen molar-refractivity contribution in [3.8, 4) is 64.3 Å². The monoisotopic (exact) mass is 1470 g/mol. The van der Waals surface area contributed by atoms with E-state index in [1.165, 1.54) is 74.3 Å². The minimum absolute atomic E-state index is 1.04. The van der Waals surface area contributed by atoms with Crippen molar-refractivity contribution in [2.45, 2.75) is 0 Å². The summed E-state index contributed by atoms with van der Waals surface area (Å²) in [4.78, 5) is 14.5. The van der Waals surface area contributed by atoms with E-state index in [2.05, 4.69) is 466 Å². The summed E-state index contributed by atoms with van der Waals surface area (Å²) >= 11 is 3.65. The lowest BCUT2D eigenvalue weighted by molar-refractivity contribution is 1.18. The Morgan fingerprint density at radius 1 is 0.152 bits per heavy atom. The Morgan fingerprint density at radius 3 is 0.679 bits per heavy atom. The predicted molar refractivity (Wildman–Crippen MR) is 477 cm³/mol. The standard InChI is InChI=1S/C104H72N6S2/c1-7-23-75(24-8-1)101-67-69-103(111-101)77-43-51-85(52-44-77)105(87-55-59-89(60-56-87)107(79-27-11-3-12-28-79)91-63-65-99-95(71-91)93-35-19-21-37-97(93)109(99)81-31-15-5-16-32-81)83-47-39-73(40-48-83)74-41-49-84(50-42-74)106(86-53-45-78(46-54-86)104-70-68-102(112-104)76-25-9-2-10-26-76)88-57-61-90(62-58-88)108(80-29-13-4-14-30-80)92-64-66-100-96(72-92)94-36-20-22-38-98(94)110(100)82-33-17-6-18-34-82/h1-72H. The molecule has 0 aliphatic heterocycles. The molecule has 112 heavy (non-hydrogen) atoms. The van der Waals surface area contributed by atoms with Gasteiger partial charge in [-0.1, -0.05) is 218 Å². The highest BCUT2D eigenvalue weighted by Crippen LogP contribution is 2.47. The number of aromatic nitrogens is 2. The molecule has 20 aromatic rings. The van der Waals surface area contributed by atoms with E-state index in [9.17, 15) is 0 Å². The number of hydrogen-bond acceptors (Lipinski definition) is 6. The first-order valence-corrected chi connectivity index (χ1v) is 39.6. The number of rotatable bonds is 19. The van der Waals surface area contributed by atoms with Crippen molar-refractivity contribution in [1.82, 2.24) is 9.13 Å². The van der Waals surface area contributed by atoms with Gasteiger partial charge in [0.1, 0.15) is 0 Å². The smallest absolute Gasteiger partial charge is 0.0542 e. The van der Waals surface area contributed by atoms with Gasteiger partial charge in [0.25, 0.3) is 0 Å². The van der Waals surface area contributed by atoms with Gasteiger partial charge >= 0.3 is 0 Å². The Balaban J connectivity index is 0.644. The van der Waals surface area contributed by atoms with Crippen LogP contribution in [0.5, 0.6) is 0 Å². The lowest BCUT2D eigenvalue weighted by atomic mass is 10.0. The van der Waals surface area contributed by atoms with Crippen molar-refractivity contribution in [2.24, 2.45) is 0 Å². The fraction of sp³-hybridized carbons (Fsp3) is 0. The van der Waals surface area contributed by atoms with Crippen LogP contribution in [-0.2, 0) is 0 Å². The number of benzene rings is 16. The number of fused-ring (bicyclic) bond motifs is 6. The molecule has 0 radical (unpaired) electrons. The third-order valence-corrected chi connectivity index (χ3v) is 23.7. The maximum absolute atomic E-state index is 2.38. The highest BCUT2D eigenvalue weighted by Gasteiger charge is 2.23. The zero-order valence-electron chi connectivity index (χ0n) is 61.1. The van der Waals surface area contributed by atoms with Crippen LogP contribution in [0.2, 0.25) is 0 Å². The number of thiophene rings is 2. The molecule has 6 nitrogen and oxygen atoms in total. The zero-order valence-corrected chi connectivity index (χ0v) is 62.7. The second-order valence-electron chi connectivity index (χ2n) is 28.1. The fourth-order valence-electron chi connectivity index (χ4n) is 16.0. The first kappa shape index (κ1) is 67.1. The Morgan fingerprint density at radius 2 is 0.366 bits per heavy atom. The number of para-hydroxylation sites is 6. The summed E-state index contributed by atoms with van der Waals surface area (Å²) in [5.74, 6) is 0. The SMILES string of the molecule is c1ccc(-c2ccc(-c3ccc(N(c4ccc(-c5ccc(N(c6ccc(-c7ccc(-c8ccccc8)s7)cc6)c6ccc(N(c7ccccc7)c7ccc8c(c7)c7ccccc7n8-c7ccccc7)cc6)cc5)cc4)c4ccc(N(c5ccccc5)c5ccc6c(c5)c5ccccc5n6-c5ccccc5)cc4)cc3)s2)cc1. The van der Waals surface area contributed by atoms with Crippen molar-refractivity contribution in [3.05, 3.63) is 437 Å². The molecule has 8 heteroatoms. The van der Waals surface area contributed by atoms with E-state index in [-0.39, 0.29) is 0 Å². The van der Waals surface area contributed by atoms with Crippen molar-refractivity contribution in [2.75, 3.05) is 19.6 Å². The summed E-state index contributed by atoms with van der Waals surface area (Å²) in [6.45, 7) is 0. The quantitative estimate of drug-likeness (QED) is 0.0805. The highest BCUT2D eigenvalue weighted by atomic mass is 32.1. The molecule has 0 fully saturated rings. The number of nitrogens with zero attached hydrogens (tertiary/aromatic N) is 6. The average molecular weight is 1470 g/mol. The van der Waals surface area contributed by atoms with Crippen LogP contribution in [0, 0.1) is 0 Å². The molecule has 530 valence electrons. The number of hydrogen-bond donors (Lipinski definition) is 0. The lowest BCUT2D eigenvalue weighted by Gasteiger charge is -2.29.